The fraction of sp³-hybridized carbons (Fsp3) is 0.727. The van der Waals surface area contributed by atoms with E-state index in [1.807, 2.05) is 12.1 Å². The van der Waals surface area contributed by atoms with Crippen molar-refractivity contribution in [3.05, 3.63) is 28.3 Å². The van der Waals surface area contributed by atoms with Gasteiger partial charge in [-0.05, 0) is 56.2 Å². The second-order valence-corrected chi connectivity index (χ2v) is 12.4. The van der Waals surface area contributed by atoms with E-state index in [-0.39, 0.29) is 36.5 Å². The molecule has 4 fully saturated rings. The predicted molar refractivity (Wildman–Crippen MR) is 125 cm³/mol. The quantitative estimate of drug-likeness (QED) is 0.357. The summed E-state index contributed by atoms with van der Waals surface area (Å²) in [5, 5.41) is 18.1. The molecule has 0 amide bonds. The SMILES string of the molecule is NC1CCN(S(=O)(=O)N2[C@@H]3CC[C@H]2CC(NC(O)c2cc4c(cc2Cl)NC2OC2C4)C3)CC1. The van der Waals surface area contributed by atoms with Crippen LogP contribution in [0.25, 0.3) is 0 Å². The maximum absolute atomic E-state index is 13.4. The van der Waals surface area contributed by atoms with Gasteiger partial charge in [-0.2, -0.15) is 17.0 Å². The zero-order chi connectivity index (χ0) is 22.9. The van der Waals surface area contributed by atoms with Crippen molar-refractivity contribution < 1.29 is 18.3 Å². The number of rotatable bonds is 5. The molecule has 4 unspecified atom stereocenters. The number of epoxide rings is 1. The third-order valence-corrected chi connectivity index (χ3v) is 10.4. The van der Waals surface area contributed by atoms with Gasteiger partial charge in [0.25, 0.3) is 10.2 Å². The Balaban J connectivity index is 1.13. The molecule has 0 radical (unpaired) electrons. The molecule has 5 aliphatic rings. The normalized spacial score (nSPS) is 35.5. The maximum atomic E-state index is 13.4. The van der Waals surface area contributed by atoms with E-state index in [9.17, 15) is 13.5 Å². The van der Waals surface area contributed by atoms with Crippen LogP contribution < -0.4 is 16.4 Å². The molecule has 0 spiro atoms. The van der Waals surface area contributed by atoms with Gasteiger partial charge in [-0.25, -0.2) is 0 Å². The summed E-state index contributed by atoms with van der Waals surface area (Å²) in [4.78, 5) is 0. The average Bonchev–Trinajstić information content (AvgIpc) is 3.47. The molecule has 2 bridgehead atoms. The fourth-order valence-corrected chi connectivity index (χ4v) is 8.49. The Morgan fingerprint density at radius 1 is 1.18 bits per heavy atom. The van der Waals surface area contributed by atoms with Crippen molar-refractivity contribution >= 4 is 27.5 Å². The van der Waals surface area contributed by atoms with Crippen LogP contribution in [0.4, 0.5) is 5.69 Å². The number of hydrogen-bond acceptors (Lipinski definition) is 7. The van der Waals surface area contributed by atoms with E-state index in [1.165, 1.54) is 0 Å². The molecular weight excluding hydrogens is 466 g/mol. The highest BCUT2D eigenvalue weighted by Crippen LogP contribution is 2.41. The zero-order valence-electron chi connectivity index (χ0n) is 18.5. The van der Waals surface area contributed by atoms with Gasteiger partial charge in [-0.3, -0.25) is 5.32 Å². The van der Waals surface area contributed by atoms with E-state index in [0.717, 1.165) is 30.5 Å². The van der Waals surface area contributed by atoms with Gasteiger partial charge in [0.2, 0.25) is 0 Å². The molecule has 0 aliphatic carbocycles. The molecule has 11 heteroatoms. The first-order valence-electron chi connectivity index (χ1n) is 12.0. The predicted octanol–water partition coefficient (Wildman–Crippen LogP) is 1.28. The average molecular weight is 498 g/mol. The summed E-state index contributed by atoms with van der Waals surface area (Å²) < 4.78 is 35.7. The standard InChI is InChI=1S/C22H32ClN5O4S/c23-18-11-19-12(8-20-22(26-19)32-20)7-17(18)21(29)25-14-9-15-1-2-16(10-14)28(15)33(30,31)27-5-3-13(24)4-6-27/h7,11,13-16,20-22,25-26,29H,1-6,8-10,24H2/t14?,15-,16+,20?,21?,22?. The van der Waals surface area contributed by atoms with Gasteiger partial charge in [0.15, 0.2) is 6.23 Å². The largest absolute Gasteiger partial charge is 0.374 e. The van der Waals surface area contributed by atoms with Crippen molar-refractivity contribution in [1.82, 2.24) is 13.9 Å². The highest BCUT2D eigenvalue weighted by Gasteiger charge is 2.49. The second kappa shape index (κ2) is 8.30. The minimum atomic E-state index is -3.49. The molecule has 9 nitrogen and oxygen atoms in total. The Hall–Kier alpha value is -0.980. The van der Waals surface area contributed by atoms with E-state index in [4.69, 9.17) is 22.1 Å². The summed E-state index contributed by atoms with van der Waals surface area (Å²) in [6.45, 7) is 0.996. The molecule has 5 aliphatic heterocycles. The van der Waals surface area contributed by atoms with Crippen LogP contribution in [-0.4, -0.2) is 71.7 Å². The molecule has 1 aromatic rings. The Morgan fingerprint density at radius 2 is 1.88 bits per heavy atom. The minimum Gasteiger partial charge on any atom is -0.374 e. The molecule has 6 atom stereocenters. The Kier molecular flexibility index (Phi) is 5.66. The van der Waals surface area contributed by atoms with Crippen LogP contribution in [0.5, 0.6) is 0 Å². The monoisotopic (exact) mass is 497 g/mol. The molecule has 5 heterocycles. The van der Waals surface area contributed by atoms with Crippen LogP contribution in [-0.2, 0) is 21.4 Å². The first-order valence-corrected chi connectivity index (χ1v) is 13.8. The summed E-state index contributed by atoms with van der Waals surface area (Å²) in [5.41, 5.74) is 8.68. The third-order valence-electron chi connectivity index (χ3n) is 7.97. The number of ether oxygens (including phenoxy) is 1. The van der Waals surface area contributed by atoms with Gasteiger partial charge in [-0.15, -0.1) is 0 Å². The third kappa shape index (κ3) is 4.08. The number of piperidine rings is 2. The fourth-order valence-electron chi connectivity index (χ4n) is 6.14. The lowest BCUT2D eigenvalue weighted by molar-refractivity contribution is 0.0949. The summed E-state index contributed by atoms with van der Waals surface area (Å²) in [6, 6.07) is 3.85. The van der Waals surface area contributed by atoms with Crippen LogP contribution in [0.1, 0.15) is 55.9 Å². The molecule has 4 saturated heterocycles. The summed E-state index contributed by atoms with van der Waals surface area (Å²) in [6.07, 6.45) is 4.70. The van der Waals surface area contributed by atoms with Crippen LogP contribution in [0.2, 0.25) is 5.02 Å². The van der Waals surface area contributed by atoms with Crippen molar-refractivity contribution in [3.63, 3.8) is 0 Å². The number of halogens is 1. The topological polar surface area (TPSA) is 123 Å². The van der Waals surface area contributed by atoms with Crippen molar-refractivity contribution in [1.29, 1.82) is 0 Å². The number of hydrogen-bond donors (Lipinski definition) is 4. The van der Waals surface area contributed by atoms with Gasteiger partial charge in [0, 0.05) is 60.0 Å². The first kappa shape index (κ1) is 22.5. The summed E-state index contributed by atoms with van der Waals surface area (Å²) in [5.74, 6) is 0. The maximum Gasteiger partial charge on any atom is 0.282 e. The molecule has 33 heavy (non-hydrogen) atoms. The lowest BCUT2D eigenvalue weighted by Gasteiger charge is -2.42. The van der Waals surface area contributed by atoms with Crippen molar-refractivity contribution in [3.8, 4) is 0 Å². The first-order chi connectivity index (χ1) is 15.8. The minimum absolute atomic E-state index is 0.0279. The van der Waals surface area contributed by atoms with Gasteiger partial charge < -0.3 is 20.9 Å². The van der Waals surface area contributed by atoms with E-state index >= 15 is 0 Å². The van der Waals surface area contributed by atoms with Gasteiger partial charge >= 0.3 is 0 Å². The van der Waals surface area contributed by atoms with Crippen LogP contribution >= 0.6 is 11.6 Å². The van der Waals surface area contributed by atoms with Crippen LogP contribution in [0.3, 0.4) is 0 Å². The number of nitrogens with zero attached hydrogens (tertiary/aromatic N) is 2. The van der Waals surface area contributed by atoms with Crippen molar-refractivity contribution in [2.45, 2.75) is 87.7 Å². The second-order valence-electron chi connectivity index (χ2n) is 10.2. The number of benzene rings is 1. The molecule has 5 N–H and O–H groups in total. The molecule has 0 aromatic heterocycles. The van der Waals surface area contributed by atoms with Gasteiger partial charge in [-0.1, -0.05) is 11.6 Å². The molecule has 1 aromatic carbocycles. The zero-order valence-corrected chi connectivity index (χ0v) is 20.1. The molecule has 182 valence electrons. The Morgan fingerprint density at radius 3 is 2.58 bits per heavy atom. The number of nitrogens with one attached hydrogen (secondary N) is 2. The van der Waals surface area contributed by atoms with Crippen LogP contribution in [0.15, 0.2) is 12.1 Å². The highest BCUT2D eigenvalue weighted by molar-refractivity contribution is 7.86. The van der Waals surface area contributed by atoms with Crippen molar-refractivity contribution in [2.75, 3.05) is 18.4 Å². The smallest absolute Gasteiger partial charge is 0.282 e. The number of nitrogens with two attached hydrogens (primary N) is 1. The number of aliphatic hydroxyl groups excluding tert-OH is 1. The number of anilines is 1. The highest BCUT2D eigenvalue weighted by atomic mass is 35.5. The number of fused-ring (bicyclic) bond motifs is 4. The summed E-state index contributed by atoms with van der Waals surface area (Å²) >= 11 is 6.50. The van der Waals surface area contributed by atoms with Crippen molar-refractivity contribution in [2.24, 2.45) is 5.73 Å². The number of aliphatic hydroxyl groups is 1. The molecule has 6 rings (SSSR count). The van der Waals surface area contributed by atoms with E-state index in [2.05, 4.69) is 10.6 Å². The molecule has 0 saturated carbocycles. The Labute approximate surface area is 199 Å². The lowest BCUT2D eigenvalue weighted by atomic mass is 9.97. The van der Waals surface area contributed by atoms with E-state index in [0.29, 0.717) is 49.4 Å². The van der Waals surface area contributed by atoms with E-state index in [1.54, 1.807) is 8.61 Å². The van der Waals surface area contributed by atoms with Gasteiger partial charge in [0.1, 0.15) is 12.3 Å². The molecular formula is C22H32ClN5O4S. The van der Waals surface area contributed by atoms with E-state index < -0.39 is 16.4 Å². The summed E-state index contributed by atoms with van der Waals surface area (Å²) in [7, 11) is -3.49. The Bertz CT molecular complexity index is 1020. The van der Waals surface area contributed by atoms with Crippen LogP contribution in [0, 0.1) is 0 Å². The lowest BCUT2D eigenvalue weighted by Crippen LogP contribution is -2.57. The van der Waals surface area contributed by atoms with Gasteiger partial charge in [0.05, 0.1) is 0 Å².